The molecule has 0 radical (unpaired) electrons. The van der Waals surface area contributed by atoms with Gasteiger partial charge in [0.1, 0.15) is 0 Å². The van der Waals surface area contributed by atoms with E-state index in [1.54, 1.807) is 13.8 Å². The van der Waals surface area contributed by atoms with Gasteiger partial charge in [0.25, 0.3) is 0 Å². The summed E-state index contributed by atoms with van der Waals surface area (Å²) in [7, 11) is 2.99. The van der Waals surface area contributed by atoms with Crippen molar-refractivity contribution in [2.75, 3.05) is 20.8 Å². The summed E-state index contributed by atoms with van der Waals surface area (Å²) in [5.41, 5.74) is 0. The second-order valence-corrected chi connectivity index (χ2v) is 3.35. The van der Waals surface area contributed by atoms with Crippen molar-refractivity contribution in [1.82, 2.24) is 0 Å². The van der Waals surface area contributed by atoms with Crippen LogP contribution < -0.4 is 0 Å². The standard InChI is InChI=1S/C9H15NO4/c1-8(11-3)9(2,12-4)14-7(5-10)6-13-8/h7H,6H2,1-4H3/t7-,8?,9?/m0/s1. The third-order valence-corrected chi connectivity index (χ3v) is 2.63. The van der Waals surface area contributed by atoms with Gasteiger partial charge in [-0.1, -0.05) is 0 Å². The SMILES string of the molecule is COC1(C)OC[C@H](C#N)OC1(C)OC. The van der Waals surface area contributed by atoms with Gasteiger partial charge in [-0.05, 0) is 13.8 Å². The minimum atomic E-state index is -1.07. The van der Waals surface area contributed by atoms with E-state index in [9.17, 15) is 0 Å². The van der Waals surface area contributed by atoms with Gasteiger partial charge in [-0.3, -0.25) is 0 Å². The van der Waals surface area contributed by atoms with E-state index in [-0.39, 0.29) is 6.61 Å². The van der Waals surface area contributed by atoms with Gasteiger partial charge in [0.05, 0.1) is 12.7 Å². The third kappa shape index (κ3) is 1.62. The van der Waals surface area contributed by atoms with Gasteiger partial charge in [-0.2, -0.15) is 5.26 Å². The molecule has 5 nitrogen and oxygen atoms in total. The van der Waals surface area contributed by atoms with E-state index in [1.807, 2.05) is 6.07 Å². The van der Waals surface area contributed by atoms with Gasteiger partial charge in [0.2, 0.25) is 11.6 Å². The zero-order valence-corrected chi connectivity index (χ0v) is 8.86. The van der Waals surface area contributed by atoms with Crippen LogP contribution in [0.25, 0.3) is 0 Å². The maximum absolute atomic E-state index is 8.71. The average molecular weight is 201 g/mol. The number of methoxy groups -OCH3 is 2. The van der Waals surface area contributed by atoms with Crippen LogP contribution in [0.3, 0.4) is 0 Å². The van der Waals surface area contributed by atoms with Gasteiger partial charge in [0, 0.05) is 14.2 Å². The average Bonchev–Trinajstić information content (AvgIpc) is 2.22. The Bertz CT molecular complexity index is 252. The first-order valence-corrected chi connectivity index (χ1v) is 4.33. The second-order valence-electron chi connectivity index (χ2n) is 3.35. The van der Waals surface area contributed by atoms with Crippen LogP contribution in [0.15, 0.2) is 0 Å². The Kier molecular flexibility index (Phi) is 3.12. The molecule has 0 aromatic rings. The van der Waals surface area contributed by atoms with Crippen molar-refractivity contribution in [2.45, 2.75) is 31.5 Å². The molecular formula is C9H15NO4. The number of hydrogen-bond donors (Lipinski definition) is 0. The summed E-state index contributed by atoms with van der Waals surface area (Å²) in [5.74, 6) is -2.06. The molecule has 1 rings (SSSR count). The Morgan fingerprint density at radius 1 is 1.29 bits per heavy atom. The maximum Gasteiger partial charge on any atom is 0.221 e. The predicted molar refractivity (Wildman–Crippen MR) is 47.3 cm³/mol. The molecule has 0 aromatic heterocycles. The molecule has 0 aromatic carbocycles. The van der Waals surface area contributed by atoms with E-state index in [0.29, 0.717) is 0 Å². The zero-order chi connectivity index (χ0) is 10.8. The fourth-order valence-corrected chi connectivity index (χ4v) is 1.32. The lowest BCUT2D eigenvalue weighted by atomic mass is 10.1. The fourth-order valence-electron chi connectivity index (χ4n) is 1.32. The van der Waals surface area contributed by atoms with Crippen LogP contribution in [0.4, 0.5) is 0 Å². The Balaban J connectivity index is 2.88. The Morgan fingerprint density at radius 3 is 2.29 bits per heavy atom. The van der Waals surface area contributed by atoms with Crippen molar-refractivity contribution in [3.63, 3.8) is 0 Å². The van der Waals surface area contributed by atoms with Crippen molar-refractivity contribution >= 4 is 0 Å². The molecule has 14 heavy (non-hydrogen) atoms. The maximum atomic E-state index is 8.71. The third-order valence-electron chi connectivity index (χ3n) is 2.63. The first-order valence-electron chi connectivity index (χ1n) is 4.33. The summed E-state index contributed by atoms with van der Waals surface area (Å²) >= 11 is 0. The first-order chi connectivity index (χ1) is 6.51. The molecule has 0 bridgehead atoms. The molecule has 3 atom stereocenters. The van der Waals surface area contributed by atoms with E-state index in [1.165, 1.54) is 14.2 Å². The van der Waals surface area contributed by atoms with E-state index in [0.717, 1.165) is 0 Å². The highest BCUT2D eigenvalue weighted by molar-refractivity contribution is 4.94. The molecular weight excluding hydrogens is 186 g/mol. The quantitative estimate of drug-likeness (QED) is 0.656. The smallest absolute Gasteiger partial charge is 0.221 e. The molecule has 80 valence electrons. The molecule has 1 aliphatic heterocycles. The van der Waals surface area contributed by atoms with Crippen LogP contribution in [-0.2, 0) is 18.9 Å². The lowest BCUT2D eigenvalue weighted by molar-refractivity contribution is -0.425. The Labute approximate surface area is 83.5 Å². The monoisotopic (exact) mass is 201 g/mol. The van der Waals surface area contributed by atoms with Crippen molar-refractivity contribution in [1.29, 1.82) is 5.26 Å². The van der Waals surface area contributed by atoms with E-state index >= 15 is 0 Å². The number of nitrogens with zero attached hydrogens (tertiary/aromatic N) is 1. The summed E-state index contributed by atoms with van der Waals surface area (Å²) in [6.07, 6.45) is -0.622. The molecule has 0 amide bonds. The Morgan fingerprint density at radius 2 is 1.86 bits per heavy atom. The van der Waals surface area contributed by atoms with Crippen LogP contribution in [0.1, 0.15) is 13.8 Å². The predicted octanol–water partition coefficient (Wildman–Crippen LogP) is 0.651. The van der Waals surface area contributed by atoms with Gasteiger partial charge in [-0.15, -0.1) is 0 Å². The van der Waals surface area contributed by atoms with E-state index in [4.69, 9.17) is 24.2 Å². The van der Waals surface area contributed by atoms with E-state index in [2.05, 4.69) is 0 Å². The van der Waals surface area contributed by atoms with Crippen molar-refractivity contribution in [3.05, 3.63) is 0 Å². The lowest BCUT2D eigenvalue weighted by Crippen LogP contribution is -2.62. The minimum Gasteiger partial charge on any atom is -0.349 e. The molecule has 1 aliphatic rings. The van der Waals surface area contributed by atoms with Gasteiger partial charge < -0.3 is 18.9 Å². The summed E-state index contributed by atoms with van der Waals surface area (Å²) in [6.45, 7) is 3.57. The minimum absolute atomic E-state index is 0.180. The lowest BCUT2D eigenvalue weighted by Gasteiger charge is -2.47. The van der Waals surface area contributed by atoms with Crippen LogP contribution in [-0.4, -0.2) is 38.5 Å². The first kappa shape index (κ1) is 11.4. The van der Waals surface area contributed by atoms with Crippen molar-refractivity contribution in [2.24, 2.45) is 0 Å². The van der Waals surface area contributed by atoms with Crippen molar-refractivity contribution < 1.29 is 18.9 Å². The molecule has 1 heterocycles. The van der Waals surface area contributed by atoms with E-state index < -0.39 is 17.7 Å². The highest BCUT2D eigenvalue weighted by Crippen LogP contribution is 2.36. The topological polar surface area (TPSA) is 60.7 Å². The highest BCUT2D eigenvalue weighted by atomic mass is 16.8. The van der Waals surface area contributed by atoms with Gasteiger partial charge >= 0.3 is 0 Å². The second kappa shape index (κ2) is 3.83. The number of nitriles is 1. The molecule has 0 spiro atoms. The van der Waals surface area contributed by atoms with Crippen LogP contribution in [0.2, 0.25) is 0 Å². The summed E-state index contributed by atoms with van der Waals surface area (Å²) in [6, 6.07) is 1.97. The molecule has 1 saturated heterocycles. The molecule has 1 fully saturated rings. The fraction of sp³-hybridized carbons (Fsp3) is 0.889. The number of rotatable bonds is 2. The van der Waals surface area contributed by atoms with Crippen LogP contribution in [0.5, 0.6) is 0 Å². The highest BCUT2D eigenvalue weighted by Gasteiger charge is 2.53. The Hall–Kier alpha value is -0.670. The molecule has 5 heteroatoms. The number of hydrogen-bond acceptors (Lipinski definition) is 5. The summed E-state index contributed by atoms with van der Waals surface area (Å²) in [4.78, 5) is 0. The normalized spacial score (nSPS) is 43.2. The van der Waals surface area contributed by atoms with Gasteiger partial charge in [0.15, 0.2) is 6.10 Å². The van der Waals surface area contributed by atoms with Gasteiger partial charge in [-0.25, -0.2) is 0 Å². The number of ether oxygens (including phenoxy) is 4. The molecule has 0 saturated carbocycles. The van der Waals surface area contributed by atoms with Crippen LogP contribution in [0, 0.1) is 11.3 Å². The zero-order valence-electron chi connectivity index (χ0n) is 8.86. The van der Waals surface area contributed by atoms with Crippen LogP contribution >= 0.6 is 0 Å². The summed E-state index contributed by atoms with van der Waals surface area (Å²) < 4.78 is 21.3. The summed E-state index contributed by atoms with van der Waals surface area (Å²) in [5, 5.41) is 8.71. The molecule has 0 N–H and O–H groups in total. The molecule has 2 unspecified atom stereocenters. The molecule has 0 aliphatic carbocycles. The largest absolute Gasteiger partial charge is 0.349 e. The van der Waals surface area contributed by atoms with Crippen molar-refractivity contribution in [3.8, 4) is 6.07 Å².